The van der Waals surface area contributed by atoms with Crippen molar-refractivity contribution in [3.05, 3.63) is 69.7 Å². The number of amides is 1. The second kappa shape index (κ2) is 10.8. The summed E-state index contributed by atoms with van der Waals surface area (Å²) in [5, 5.41) is 2.85. The van der Waals surface area contributed by atoms with Crippen molar-refractivity contribution in [2.45, 2.75) is 45.4 Å². The van der Waals surface area contributed by atoms with E-state index in [1.807, 2.05) is 13.8 Å². The fourth-order valence-electron chi connectivity index (χ4n) is 3.19. The summed E-state index contributed by atoms with van der Waals surface area (Å²) in [7, 11) is -3.85. The van der Waals surface area contributed by atoms with Gasteiger partial charge in [-0.3, -0.25) is 9.52 Å². The van der Waals surface area contributed by atoms with Crippen molar-refractivity contribution in [3.63, 3.8) is 0 Å². The highest BCUT2D eigenvalue weighted by molar-refractivity contribution is 7.93. The predicted molar refractivity (Wildman–Crippen MR) is 133 cm³/mol. The summed E-state index contributed by atoms with van der Waals surface area (Å²) in [4.78, 5) is 29.4. The Balaban J connectivity index is 1.69. The molecule has 0 spiro atoms. The first-order valence-electron chi connectivity index (χ1n) is 10.8. The molecule has 10 heteroatoms. The molecule has 180 valence electrons. The number of rotatable bonds is 9. The molecular weight excluding hydrogens is 474 g/mol. The lowest BCUT2D eigenvalue weighted by atomic mass is 10.2. The Labute approximate surface area is 203 Å². The number of sulfonamides is 1. The van der Waals surface area contributed by atoms with E-state index in [0.29, 0.717) is 29.1 Å². The van der Waals surface area contributed by atoms with Gasteiger partial charge in [0.2, 0.25) is 0 Å². The van der Waals surface area contributed by atoms with Crippen LogP contribution in [0.25, 0.3) is 0 Å². The fraction of sp³-hybridized carbons (Fsp3) is 0.292. The van der Waals surface area contributed by atoms with E-state index in [1.165, 1.54) is 0 Å². The minimum absolute atomic E-state index is 0.104. The van der Waals surface area contributed by atoms with Crippen LogP contribution >= 0.6 is 11.3 Å². The largest absolute Gasteiger partial charge is 0.462 e. The summed E-state index contributed by atoms with van der Waals surface area (Å²) >= 11 is 0.949. The van der Waals surface area contributed by atoms with Crippen LogP contribution in [0, 0.1) is 20.8 Å². The van der Waals surface area contributed by atoms with Crippen molar-refractivity contribution in [1.82, 2.24) is 4.98 Å². The van der Waals surface area contributed by atoms with Crippen LogP contribution in [0.3, 0.4) is 0 Å². The van der Waals surface area contributed by atoms with Gasteiger partial charge in [-0.1, -0.05) is 42.4 Å². The van der Waals surface area contributed by atoms with Crippen LogP contribution < -0.4 is 10.0 Å². The molecule has 0 saturated heterocycles. The molecule has 1 heterocycles. The number of unbranched alkanes of at least 4 members (excludes halogenated alkanes) is 1. The van der Waals surface area contributed by atoms with Crippen molar-refractivity contribution in [1.29, 1.82) is 0 Å². The van der Waals surface area contributed by atoms with Crippen molar-refractivity contribution in [2.75, 3.05) is 16.6 Å². The number of anilines is 2. The second-order valence-corrected chi connectivity index (χ2v) is 10.5. The first-order valence-corrected chi connectivity index (χ1v) is 13.1. The SMILES string of the molecule is CCCCOC(=O)c1ccc(NC(=O)c2sc(NS(=O)(=O)c3ccc(C)cc3C)nc2C)cc1. The average Bonchev–Trinajstić information content (AvgIpc) is 3.13. The molecule has 0 radical (unpaired) electrons. The Kier molecular flexibility index (Phi) is 8.06. The van der Waals surface area contributed by atoms with Crippen LogP contribution in [0.15, 0.2) is 47.4 Å². The predicted octanol–water partition coefficient (Wildman–Crippen LogP) is 5.08. The van der Waals surface area contributed by atoms with E-state index in [4.69, 9.17) is 4.74 Å². The van der Waals surface area contributed by atoms with Gasteiger partial charge in [-0.05, 0) is 63.1 Å². The molecule has 0 aliphatic rings. The molecule has 2 N–H and O–H groups in total. The summed E-state index contributed by atoms with van der Waals surface area (Å²) < 4.78 is 33.2. The van der Waals surface area contributed by atoms with Gasteiger partial charge in [0.25, 0.3) is 15.9 Å². The summed E-state index contributed by atoms with van der Waals surface area (Å²) in [6, 6.07) is 11.4. The molecule has 0 atom stereocenters. The molecule has 8 nitrogen and oxygen atoms in total. The van der Waals surface area contributed by atoms with Crippen LogP contribution in [0.4, 0.5) is 10.8 Å². The van der Waals surface area contributed by atoms with E-state index in [-0.39, 0.29) is 14.9 Å². The molecule has 0 unspecified atom stereocenters. The maximum absolute atomic E-state index is 12.8. The minimum Gasteiger partial charge on any atom is -0.462 e. The zero-order valence-electron chi connectivity index (χ0n) is 19.5. The van der Waals surface area contributed by atoms with E-state index in [9.17, 15) is 18.0 Å². The van der Waals surface area contributed by atoms with Gasteiger partial charge in [0.05, 0.1) is 22.8 Å². The monoisotopic (exact) mass is 501 g/mol. The van der Waals surface area contributed by atoms with E-state index in [1.54, 1.807) is 56.3 Å². The van der Waals surface area contributed by atoms with Gasteiger partial charge in [-0.25, -0.2) is 18.2 Å². The molecule has 2 aromatic carbocycles. The number of aromatic nitrogens is 1. The molecule has 3 rings (SSSR count). The molecule has 34 heavy (non-hydrogen) atoms. The number of carbonyl (C=O) groups is 2. The van der Waals surface area contributed by atoms with E-state index in [0.717, 1.165) is 29.7 Å². The van der Waals surface area contributed by atoms with E-state index >= 15 is 0 Å². The smallest absolute Gasteiger partial charge is 0.338 e. The maximum atomic E-state index is 12.8. The van der Waals surface area contributed by atoms with Crippen LogP contribution in [0.5, 0.6) is 0 Å². The molecular formula is C24H27N3O5S2. The third-order valence-electron chi connectivity index (χ3n) is 4.95. The zero-order chi connectivity index (χ0) is 24.9. The maximum Gasteiger partial charge on any atom is 0.338 e. The third-order valence-corrected chi connectivity index (χ3v) is 7.65. The van der Waals surface area contributed by atoms with Crippen LogP contribution in [-0.2, 0) is 14.8 Å². The van der Waals surface area contributed by atoms with Crippen molar-refractivity contribution in [2.24, 2.45) is 0 Å². The van der Waals surface area contributed by atoms with Gasteiger partial charge in [0.15, 0.2) is 5.13 Å². The Morgan fingerprint density at radius 3 is 2.41 bits per heavy atom. The van der Waals surface area contributed by atoms with Crippen molar-refractivity contribution in [3.8, 4) is 0 Å². The molecule has 3 aromatic rings. The number of ether oxygens (including phenoxy) is 1. The Morgan fingerprint density at radius 2 is 1.76 bits per heavy atom. The standard InChI is InChI=1S/C24H27N3O5S2/c1-5-6-13-32-23(29)18-8-10-19(11-9-18)26-22(28)21-17(4)25-24(33-21)27-34(30,31)20-12-7-15(2)14-16(20)3/h7-12,14H,5-6,13H2,1-4H3,(H,25,27)(H,26,28). The lowest BCUT2D eigenvalue weighted by Crippen LogP contribution is -2.14. The lowest BCUT2D eigenvalue weighted by molar-refractivity contribution is 0.0499. The number of nitrogens with zero attached hydrogens (tertiary/aromatic N) is 1. The molecule has 0 fully saturated rings. The van der Waals surface area contributed by atoms with Gasteiger partial charge < -0.3 is 10.1 Å². The number of carbonyl (C=O) groups excluding carboxylic acids is 2. The normalized spacial score (nSPS) is 11.2. The summed E-state index contributed by atoms with van der Waals surface area (Å²) in [6.45, 7) is 7.63. The number of nitrogens with one attached hydrogen (secondary N) is 2. The summed E-state index contributed by atoms with van der Waals surface area (Å²) in [5.41, 5.74) is 2.86. The number of hydrogen-bond donors (Lipinski definition) is 2. The number of benzene rings is 2. The molecule has 1 amide bonds. The first kappa shape index (κ1) is 25.4. The first-order chi connectivity index (χ1) is 16.1. The number of hydrogen-bond acceptors (Lipinski definition) is 7. The van der Waals surface area contributed by atoms with Crippen molar-refractivity contribution < 1.29 is 22.7 Å². The highest BCUT2D eigenvalue weighted by atomic mass is 32.2. The number of esters is 1. The van der Waals surface area contributed by atoms with Crippen molar-refractivity contribution >= 4 is 44.1 Å². The van der Waals surface area contributed by atoms with E-state index < -0.39 is 21.9 Å². The molecule has 0 bridgehead atoms. The Bertz CT molecular complexity index is 1300. The lowest BCUT2D eigenvalue weighted by Gasteiger charge is -2.08. The van der Waals surface area contributed by atoms with Crippen LogP contribution in [-0.4, -0.2) is 31.9 Å². The third kappa shape index (κ3) is 6.21. The molecule has 0 aliphatic carbocycles. The minimum atomic E-state index is -3.85. The van der Waals surface area contributed by atoms with Gasteiger partial charge in [0, 0.05) is 5.69 Å². The molecule has 0 aliphatic heterocycles. The van der Waals surface area contributed by atoms with Gasteiger partial charge in [-0.15, -0.1) is 0 Å². The van der Waals surface area contributed by atoms with Gasteiger partial charge in [0.1, 0.15) is 4.88 Å². The van der Waals surface area contributed by atoms with Crippen LogP contribution in [0.2, 0.25) is 0 Å². The Hall–Kier alpha value is -3.24. The molecule has 1 aromatic heterocycles. The Morgan fingerprint density at radius 1 is 1.06 bits per heavy atom. The van der Waals surface area contributed by atoms with Crippen LogP contribution in [0.1, 0.15) is 56.6 Å². The average molecular weight is 502 g/mol. The summed E-state index contributed by atoms with van der Waals surface area (Å²) in [6.07, 6.45) is 1.74. The van der Waals surface area contributed by atoms with E-state index in [2.05, 4.69) is 15.0 Å². The van der Waals surface area contributed by atoms with Gasteiger partial charge >= 0.3 is 5.97 Å². The molecule has 0 saturated carbocycles. The fourth-order valence-corrected chi connectivity index (χ4v) is 5.52. The highest BCUT2D eigenvalue weighted by Crippen LogP contribution is 2.27. The quantitative estimate of drug-likeness (QED) is 0.312. The second-order valence-electron chi connectivity index (χ2n) is 7.83. The number of thiazole rings is 1. The number of aryl methyl sites for hydroxylation is 3. The summed E-state index contributed by atoms with van der Waals surface area (Å²) in [5.74, 6) is -0.837. The highest BCUT2D eigenvalue weighted by Gasteiger charge is 2.22. The van der Waals surface area contributed by atoms with Gasteiger partial charge in [-0.2, -0.15) is 0 Å². The zero-order valence-corrected chi connectivity index (χ0v) is 21.1. The topological polar surface area (TPSA) is 114 Å².